The van der Waals surface area contributed by atoms with Gasteiger partial charge in [0.1, 0.15) is 11.4 Å². The van der Waals surface area contributed by atoms with Crippen LogP contribution in [0.25, 0.3) is 22.5 Å². The largest absolute Gasteiger partial charge is 0.476 e. The molecule has 48 heavy (non-hydrogen) atoms. The maximum atomic E-state index is 11.6. The van der Waals surface area contributed by atoms with Crippen molar-refractivity contribution >= 4 is 5.97 Å². The summed E-state index contributed by atoms with van der Waals surface area (Å²) in [5, 5.41) is 23.2. The van der Waals surface area contributed by atoms with E-state index in [0.29, 0.717) is 18.8 Å². The Labute approximate surface area is 279 Å². The molecule has 0 spiro atoms. The lowest BCUT2D eigenvalue weighted by Crippen LogP contribution is -2.39. The molecule has 8 nitrogen and oxygen atoms in total. The van der Waals surface area contributed by atoms with E-state index >= 15 is 0 Å². The van der Waals surface area contributed by atoms with E-state index in [0.717, 1.165) is 51.2 Å². The number of hydrogen-bond donors (Lipinski definition) is 1. The van der Waals surface area contributed by atoms with E-state index in [-0.39, 0.29) is 5.69 Å². The predicted molar refractivity (Wildman–Crippen MR) is 186 cm³/mol. The smallest absolute Gasteiger partial charge is 0.356 e. The molecule has 2 heterocycles. The molecule has 0 radical (unpaired) electrons. The summed E-state index contributed by atoms with van der Waals surface area (Å²) in [5.74, 6) is 0.353. The number of rotatable bonds is 11. The molecule has 5 aromatic carbocycles. The molecule has 236 valence electrons. The third-order valence-electron chi connectivity index (χ3n) is 8.70. The van der Waals surface area contributed by atoms with Crippen molar-refractivity contribution in [2.24, 2.45) is 0 Å². The van der Waals surface area contributed by atoms with Gasteiger partial charge in [0.25, 0.3) is 0 Å². The van der Waals surface area contributed by atoms with E-state index < -0.39 is 11.5 Å². The van der Waals surface area contributed by atoms with E-state index in [1.807, 2.05) is 76.0 Å². The number of aromatic carboxylic acids is 1. The maximum absolute atomic E-state index is 11.6. The fraction of sp³-hybridized carbons (Fsp3) is 0.125. The molecule has 0 fully saturated rings. The molecule has 0 amide bonds. The van der Waals surface area contributed by atoms with Gasteiger partial charge >= 0.3 is 5.97 Å². The Kier molecular flexibility index (Phi) is 8.45. The van der Waals surface area contributed by atoms with E-state index in [9.17, 15) is 9.90 Å². The van der Waals surface area contributed by atoms with Crippen LogP contribution in [-0.2, 0) is 18.5 Å². The fourth-order valence-corrected chi connectivity index (χ4v) is 6.53. The molecule has 0 atom stereocenters. The van der Waals surface area contributed by atoms with E-state index in [1.54, 1.807) is 6.20 Å². The van der Waals surface area contributed by atoms with Crippen molar-refractivity contribution < 1.29 is 9.90 Å². The van der Waals surface area contributed by atoms with Crippen LogP contribution in [0.5, 0.6) is 0 Å². The zero-order valence-corrected chi connectivity index (χ0v) is 26.5. The van der Waals surface area contributed by atoms with Gasteiger partial charge in [-0.1, -0.05) is 146 Å². The molecular weight excluding hydrogens is 596 g/mol. The van der Waals surface area contributed by atoms with Crippen molar-refractivity contribution in [2.45, 2.75) is 31.8 Å². The van der Waals surface area contributed by atoms with Crippen LogP contribution in [0.15, 0.2) is 146 Å². The molecule has 0 aliphatic carbocycles. The molecule has 8 heteroatoms. The maximum Gasteiger partial charge on any atom is 0.356 e. The summed E-state index contributed by atoms with van der Waals surface area (Å²) in [6, 6.07) is 47.6. The zero-order chi connectivity index (χ0) is 32.9. The lowest BCUT2D eigenvalue weighted by atomic mass is 9.77. The predicted octanol–water partition coefficient (Wildman–Crippen LogP) is 7.74. The topological polar surface area (TPSA) is 98.7 Å². The van der Waals surface area contributed by atoms with Crippen molar-refractivity contribution in [3.05, 3.63) is 179 Å². The number of carboxylic acids is 1. The summed E-state index contributed by atoms with van der Waals surface area (Å²) >= 11 is 0. The molecule has 0 saturated carbocycles. The summed E-state index contributed by atoms with van der Waals surface area (Å²) in [5.41, 5.74) is 6.24. The summed E-state index contributed by atoms with van der Waals surface area (Å²) in [6.07, 6.45) is 3.04. The van der Waals surface area contributed by atoms with Gasteiger partial charge in [-0.15, -0.1) is 5.10 Å². The highest BCUT2D eigenvalue weighted by Crippen LogP contribution is 2.43. The highest BCUT2D eigenvalue weighted by Gasteiger charge is 2.42. The van der Waals surface area contributed by atoms with Crippen molar-refractivity contribution in [3.63, 3.8) is 0 Å². The van der Waals surface area contributed by atoms with Crippen molar-refractivity contribution in [1.82, 2.24) is 29.8 Å². The number of tetrazole rings is 1. The van der Waals surface area contributed by atoms with Crippen LogP contribution >= 0.6 is 0 Å². The van der Waals surface area contributed by atoms with Crippen LogP contribution in [0.1, 0.15) is 51.9 Å². The Morgan fingerprint density at radius 1 is 0.708 bits per heavy atom. The van der Waals surface area contributed by atoms with E-state index in [2.05, 4.69) is 95.0 Å². The summed E-state index contributed by atoms with van der Waals surface area (Å²) in [4.78, 5) is 16.0. The van der Waals surface area contributed by atoms with Gasteiger partial charge in [0.15, 0.2) is 11.5 Å². The fourth-order valence-electron chi connectivity index (χ4n) is 6.53. The summed E-state index contributed by atoms with van der Waals surface area (Å²) in [6.45, 7) is 2.78. The number of aryl methyl sites for hydroxylation is 1. The number of nitrogens with zero attached hydrogens (tertiary/aromatic N) is 6. The second-order valence-electron chi connectivity index (χ2n) is 11.7. The van der Waals surface area contributed by atoms with Gasteiger partial charge in [-0.2, -0.15) is 0 Å². The highest BCUT2D eigenvalue weighted by atomic mass is 16.4. The molecule has 0 unspecified atom stereocenters. The van der Waals surface area contributed by atoms with Gasteiger partial charge in [-0.05, 0) is 50.2 Å². The van der Waals surface area contributed by atoms with Gasteiger partial charge in [-0.3, -0.25) is 0 Å². The minimum absolute atomic E-state index is 0.0688. The van der Waals surface area contributed by atoms with Crippen molar-refractivity contribution in [3.8, 4) is 22.5 Å². The Bertz CT molecular complexity index is 2040. The molecule has 1 N–H and O–H groups in total. The normalized spacial score (nSPS) is 11.4. The lowest BCUT2D eigenvalue weighted by molar-refractivity contribution is 0.0690. The van der Waals surface area contributed by atoms with Crippen LogP contribution in [0.4, 0.5) is 0 Å². The average molecular weight is 631 g/mol. The third-order valence-corrected chi connectivity index (χ3v) is 8.70. The summed E-state index contributed by atoms with van der Waals surface area (Å²) < 4.78 is 3.89. The van der Waals surface area contributed by atoms with Crippen LogP contribution in [0, 0.1) is 0 Å². The van der Waals surface area contributed by atoms with Gasteiger partial charge in [0.05, 0.1) is 0 Å². The minimum Gasteiger partial charge on any atom is -0.476 e. The number of benzene rings is 5. The number of hydrogen-bond acceptors (Lipinski definition) is 5. The average Bonchev–Trinajstić information content (AvgIpc) is 3.79. The number of imidazole rings is 1. The van der Waals surface area contributed by atoms with Gasteiger partial charge in [0, 0.05) is 24.7 Å². The quantitative estimate of drug-likeness (QED) is 0.147. The Morgan fingerprint density at radius 3 is 1.79 bits per heavy atom. The van der Waals surface area contributed by atoms with Gasteiger partial charge in [-0.25, -0.2) is 14.5 Å². The third kappa shape index (κ3) is 5.58. The Morgan fingerprint density at radius 2 is 1.25 bits per heavy atom. The van der Waals surface area contributed by atoms with Crippen molar-refractivity contribution in [1.29, 1.82) is 0 Å². The van der Waals surface area contributed by atoms with E-state index in [4.69, 9.17) is 5.21 Å². The highest BCUT2D eigenvalue weighted by molar-refractivity contribution is 5.85. The van der Waals surface area contributed by atoms with Crippen molar-refractivity contribution in [2.75, 3.05) is 0 Å². The molecule has 2 aromatic heterocycles. The molecule has 0 bridgehead atoms. The van der Waals surface area contributed by atoms with Crippen LogP contribution in [-0.4, -0.2) is 40.8 Å². The first-order valence-corrected chi connectivity index (χ1v) is 16.0. The second-order valence-corrected chi connectivity index (χ2v) is 11.7. The monoisotopic (exact) mass is 630 g/mol. The van der Waals surface area contributed by atoms with Gasteiger partial charge < -0.3 is 9.67 Å². The number of carbonyl (C=O) groups is 1. The number of carboxylic acid groups (broad SMARTS) is 1. The molecule has 0 aliphatic rings. The standard InChI is InChI=1S/C40H34N6O2/c1-2-26-45-28-36(39(47)48)41-37(45)27-29-22-24-30(25-23-29)34-20-12-13-21-35(34)38-42-43-44-46(38)40(31-14-6-3-7-15-31,32-16-8-4-9-17-32)33-18-10-5-11-19-33/h3-25,28H,2,26-27H2,1H3,(H,47,48). The number of aromatic nitrogens is 6. The van der Waals surface area contributed by atoms with Crippen LogP contribution < -0.4 is 0 Å². The van der Waals surface area contributed by atoms with Crippen LogP contribution in [0.3, 0.4) is 0 Å². The first-order chi connectivity index (χ1) is 23.6. The molecule has 0 saturated heterocycles. The molecule has 0 aliphatic heterocycles. The molecular formula is C40H34N6O2. The van der Waals surface area contributed by atoms with E-state index in [1.165, 1.54) is 0 Å². The van der Waals surface area contributed by atoms with Gasteiger partial charge in [0.2, 0.25) is 0 Å². The minimum atomic E-state index is -1.02. The second kappa shape index (κ2) is 13.3. The lowest BCUT2D eigenvalue weighted by Gasteiger charge is -2.36. The Balaban J connectivity index is 1.34. The zero-order valence-electron chi connectivity index (χ0n) is 26.5. The first kappa shape index (κ1) is 30.5. The first-order valence-electron chi connectivity index (χ1n) is 16.0. The Hall–Kier alpha value is -6.15. The molecule has 7 rings (SSSR count). The SMILES string of the molecule is CCCn1cc(C(=O)O)nc1Cc1ccc(-c2ccccc2-c2nnnn2C(c2ccccc2)(c2ccccc2)c2ccccc2)cc1. The summed E-state index contributed by atoms with van der Waals surface area (Å²) in [7, 11) is 0. The van der Waals surface area contributed by atoms with Crippen LogP contribution in [0.2, 0.25) is 0 Å². The molecule has 7 aromatic rings.